The predicted molar refractivity (Wildman–Crippen MR) is 54.3 cm³/mol. The van der Waals surface area contributed by atoms with Gasteiger partial charge >= 0.3 is 0 Å². The second kappa shape index (κ2) is 5.16. The van der Waals surface area contributed by atoms with E-state index in [0.717, 1.165) is 6.08 Å². The molecule has 0 fully saturated rings. The molecule has 1 aromatic carbocycles. The third-order valence-corrected chi connectivity index (χ3v) is 1.95. The Morgan fingerprint density at radius 1 is 0.889 bits per heavy atom. The van der Waals surface area contributed by atoms with Crippen molar-refractivity contribution in [1.29, 1.82) is 0 Å². The minimum atomic E-state index is -2.23. The summed E-state index contributed by atoms with van der Waals surface area (Å²) in [5.74, 6) is -10.7. The average Bonchev–Trinajstić information content (AvgIpc) is 2.29. The molecule has 0 bridgehead atoms. The highest BCUT2D eigenvalue weighted by Gasteiger charge is 2.25. The van der Waals surface area contributed by atoms with E-state index in [0.29, 0.717) is 0 Å². The number of hydrogen-bond acceptors (Lipinski definition) is 2. The summed E-state index contributed by atoms with van der Waals surface area (Å²) in [7, 11) is 0. The molecular formula is C11H8F5NO. The molecule has 0 atom stereocenters. The van der Waals surface area contributed by atoms with Crippen molar-refractivity contribution >= 4 is 11.5 Å². The fourth-order valence-corrected chi connectivity index (χ4v) is 1.25. The molecule has 0 aliphatic heterocycles. The van der Waals surface area contributed by atoms with Crippen LogP contribution in [0.2, 0.25) is 0 Å². The maximum Gasteiger partial charge on any atom is 0.200 e. The molecule has 0 spiro atoms. The number of hydrogen-bond donors (Lipinski definition) is 1. The van der Waals surface area contributed by atoms with Crippen LogP contribution in [0.15, 0.2) is 11.8 Å². The number of carbonyl (C=O) groups excluding carboxylic acids is 1. The number of nitrogens with one attached hydrogen (secondary N) is 1. The minimum Gasteiger partial charge on any atom is -0.354 e. The van der Waals surface area contributed by atoms with Gasteiger partial charge in [-0.25, -0.2) is 22.0 Å². The molecule has 0 amide bonds. The van der Waals surface area contributed by atoms with E-state index in [1.165, 1.54) is 13.8 Å². The lowest BCUT2D eigenvalue weighted by Crippen LogP contribution is -2.09. The van der Waals surface area contributed by atoms with Crippen LogP contribution < -0.4 is 5.32 Å². The molecule has 18 heavy (non-hydrogen) atoms. The van der Waals surface area contributed by atoms with Gasteiger partial charge in [0.2, 0.25) is 5.82 Å². The molecule has 0 unspecified atom stereocenters. The van der Waals surface area contributed by atoms with Gasteiger partial charge in [0, 0.05) is 5.70 Å². The molecule has 0 heterocycles. The van der Waals surface area contributed by atoms with Crippen LogP contribution in [-0.4, -0.2) is 5.78 Å². The van der Waals surface area contributed by atoms with Crippen molar-refractivity contribution in [2.75, 3.05) is 5.32 Å². The Kier molecular flexibility index (Phi) is 4.05. The number of carbonyl (C=O) groups is 1. The molecule has 0 aliphatic rings. The smallest absolute Gasteiger partial charge is 0.200 e. The standard InChI is InChI=1S/C11H8F5NO/c1-4(3-5(2)18)17-11-9(15)7(13)6(12)8(14)10(11)16/h3,17H,1-2H3/b4-3-. The third kappa shape index (κ3) is 2.66. The number of benzene rings is 1. The molecule has 2 nitrogen and oxygen atoms in total. The summed E-state index contributed by atoms with van der Waals surface area (Å²) < 4.78 is 64.8. The van der Waals surface area contributed by atoms with Crippen LogP contribution >= 0.6 is 0 Å². The van der Waals surface area contributed by atoms with Crippen molar-refractivity contribution in [3.8, 4) is 0 Å². The van der Waals surface area contributed by atoms with Gasteiger partial charge in [-0.2, -0.15) is 0 Å². The van der Waals surface area contributed by atoms with Crippen molar-refractivity contribution in [3.05, 3.63) is 40.9 Å². The van der Waals surface area contributed by atoms with E-state index in [2.05, 4.69) is 0 Å². The van der Waals surface area contributed by atoms with Crippen molar-refractivity contribution < 1.29 is 26.7 Å². The van der Waals surface area contributed by atoms with Crippen LogP contribution in [-0.2, 0) is 4.79 Å². The van der Waals surface area contributed by atoms with E-state index in [9.17, 15) is 26.7 Å². The van der Waals surface area contributed by atoms with Gasteiger partial charge in [0.05, 0.1) is 0 Å². The van der Waals surface area contributed by atoms with Crippen molar-refractivity contribution in [1.82, 2.24) is 0 Å². The average molecular weight is 265 g/mol. The first-order valence-electron chi connectivity index (χ1n) is 4.73. The van der Waals surface area contributed by atoms with Crippen molar-refractivity contribution in [3.63, 3.8) is 0 Å². The Balaban J connectivity index is 3.30. The molecule has 0 saturated heterocycles. The molecular weight excluding hydrogens is 257 g/mol. The molecule has 1 N–H and O–H groups in total. The van der Waals surface area contributed by atoms with E-state index < -0.39 is 40.6 Å². The number of rotatable bonds is 3. The van der Waals surface area contributed by atoms with Crippen LogP contribution in [0.25, 0.3) is 0 Å². The highest BCUT2D eigenvalue weighted by Crippen LogP contribution is 2.27. The van der Waals surface area contributed by atoms with Gasteiger partial charge in [0.25, 0.3) is 0 Å². The van der Waals surface area contributed by atoms with Gasteiger partial charge in [0.15, 0.2) is 29.1 Å². The number of anilines is 1. The maximum absolute atomic E-state index is 13.2. The van der Waals surface area contributed by atoms with Crippen LogP contribution in [0.5, 0.6) is 0 Å². The summed E-state index contributed by atoms with van der Waals surface area (Å²) in [6.45, 7) is 2.42. The van der Waals surface area contributed by atoms with Crippen molar-refractivity contribution in [2.24, 2.45) is 0 Å². The second-order valence-corrected chi connectivity index (χ2v) is 3.51. The number of allylic oxidation sites excluding steroid dienone is 2. The zero-order chi connectivity index (χ0) is 14.0. The summed E-state index contributed by atoms with van der Waals surface area (Å²) in [6, 6.07) is 0. The van der Waals surface area contributed by atoms with E-state index >= 15 is 0 Å². The Morgan fingerprint density at radius 3 is 1.67 bits per heavy atom. The van der Waals surface area contributed by atoms with E-state index in [-0.39, 0.29) is 5.70 Å². The largest absolute Gasteiger partial charge is 0.354 e. The predicted octanol–water partition coefficient (Wildman–Crippen LogP) is 3.29. The summed E-state index contributed by atoms with van der Waals surface area (Å²) in [5.41, 5.74) is -1.24. The van der Waals surface area contributed by atoms with E-state index in [1.807, 2.05) is 5.32 Å². The molecule has 7 heteroatoms. The lowest BCUT2D eigenvalue weighted by Gasteiger charge is -2.10. The molecule has 98 valence electrons. The summed E-state index contributed by atoms with van der Waals surface area (Å²) in [4.78, 5) is 10.7. The number of ketones is 1. The fraction of sp³-hybridized carbons (Fsp3) is 0.182. The molecule has 0 aliphatic carbocycles. The molecule has 1 rings (SSSR count). The van der Waals surface area contributed by atoms with Gasteiger partial charge in [0.1, 0.15) is 5.69 Å². The van der Waals surface area contributed by atoms with E-state index in [4.69, 9.17) is 0 Å². The van der Waals surface area contributed by atoms with Crippen LogP contribution in [0.3, 0.4) is 0 Å². The molecule has 1 aromatic rings. The third-order valence-electron chi connectivity index (χ3n) is 1.95. The maximum atomic E-state index is 13.2. The van der Waals surface area contributed by atoms with Gasteiger partial charge < -0.3 is 5.32 Å². The van der Waals surface area contributed by atoms with Gasteiger partial charge in [-0.3, -0.25) is 4.79 Å². The second-order valence-electron chi connectivity index (χ2n) is 3.51. The minimum absolute atomic E-state index is 0.0503. The Labute approximate surface area is 99.1 Å². The van der Waals surface area contributed by atoms with Gasteiger partial charge in [-0.1, -0.05) is 0 Å². The topological polar surface area (TPSA) is 29.1 Å². The Morgan fingerprint density at radius 2 is 1.28 bits per heavy atom. The van der Waals surface area contributed by atoms with Crippen LogP contribution in [0.4, 0.5) is 27.6 Å². The first kappa shape index (κ1) is 14.1. The van der Waals surface area contributed by atoms with Gasteiger partial charge in [-0.15, -0.1) is 0 Å². The summed E-state index contributed by atoms with van der Waals surface area (Å²) in [6.07, 6.45) is 0.956. The first-order chi connectivity index (χ1) is 8.25. The zero-order valence-corrected chi connectivity index (χ0v) is 9.38. The normalized spacial score (nSPS) is 11.6. The van der Waals surface area contributed by atoms with Gasteiger partial charge in [-0.05, 0) is 19.9 Å². The van der Waals surface area contributed by atoms with E-state index in [1.54, 1.807) is 0 Å². The Bertz CT molecular complexity index is 510. The summed E-state index contributed by atoms with van der Waals surface area (Å²) in [5, 5.41) is 1.96. The Hall–Kier alpha value is -1.92. The molecule has 0 radical (unpaired) electrons. The first-order valence-corrected chi connectivity index (χ1v) is 4.73. The molecule has 0 aromatic heterocycles. The zero-order valence-electron chi connectivity index (χ0n) is 9.38. The SMILES string of the molecule is CC(=O)/C=C(/C)Nc1c(F)c(F)c(F)c(F)c1F. The summed E-state index contributed by atoms with van der Waals surface area (Å²) >= 11 is 0. The fourth-order valence-electron chi connectivity index (χ4n) is 1.25. The lowest BCUT2D eigenvalue weighted by atomic mass is 10.2. The quantitative estimate of drug-likeness (QED) is 0.393. The highest BCUT2D eigenvalue weighted by molar-refractivity contribution is 5.88. The monoisotopic (exact) mass is 265 g/mol. The van der Waals surface area contributed by atoms with Crippen LogP contribution in [0, 0.1) is 29.1 Å². The van der Waals surface area contributed by atoms with Crippen LogP contribution in [0.1, 0.15) is 13.8 Å². The number of halogens is 5. The highest BCUT2D eigenvalue weighted by atomic mass is 19.2. The molecule has 0 saturated carbocycles. The lowest BCUT2D eigenvalue weighted by molar-refractivity contribution is -0.112. The van der Waals surface area contributed by atoms with Crippen molar-refractivity contribution in [2.45, 2.75) is 13.8 Å².